The Balaban J connectivity index is 1.56. The Morgan fingerprint density at radius 2 is 2.15 bits per heavy atom. The topological polar surface area (TPSA) is 165 Å². The molecule has 2 aromatic rings. The van der Waals surface area contributed by atoms with Crippen molar-refractivity contribution in [2.24, 2.45) is 0 Å². The number of hydrogen-bond acceptors (Lipinski definition) is 10. The zero-order valence-electron chi connectivity index (χ0n) is 18.5. The van der Waals surface area contributed by atoms with Gasteiger partial charge < -0.3 is 29.7 Å². The largest absolute Gasteiger partial charge is 0.387 e. The van der Waals surface area contributed by atoms with Crippen LogP contribution in [-0.4, -0.2) is 79.4 Å². The third kappa shape index (κ3) is 4.59. The van der Waals surface area contributed by atoms with Gasteiger partial charge in [0.1, 0.15) is 36.3 Å². The first-order valence-corrected chi connectivity index (χ1v) is 10.6. The van der Waals surface area contributed by atoms with Crippen molar-refractivity contribution >= 4 is 22.9 Å². The van der Waals surface area contributed by atoms with Gasteiger partial charge in [0.05, 0.1) is 24.6 Å². The molecule has 12 heteroatoms. The van der Waals surface area contributed by atoms with E-state index in [0.29, 0.717) is 0 Å². The molecule has 4 atom stereocenters. The second-order valence-electron chi connectivity index (χ2n) is 8.37. The summed E-state index contributed by atoms with van der Waals surface area (Å²) in [5, 5.41) is 32.9. The number of aliphatic hydroxyl groups is 2. The Hall–Kier alpha value is -2.95. The quantitative estimate of drug-likeness (QED) is 0.373. The van der Waals surface area contributed by atoms with Crippen molar-refractivity contribution in [3.05, 3.63) is 24.3 Å². The molecule has 1 aliphatic carbocycles. The van der Waals surface area contributed by atoms with Crippen LogP contribution in [0.25, 0.3) is 11.2 Å². The summed E-state index contributed by atoms with van der Waals surface area (Å²) in [6.07, 6.45) is 1.44. The van der Waals surface area contributed by atoms with Crippen molar-refractivity contribution in [2.45, 2.75) is 62.9 Å². The molecule has 2 aliphatic rings. The number of ether oxygens (including phenoxy) is 3. The summed E-state index contributed by atoms with van der Waals surface area (Å²) in [6.45, 7) is 3.83. The molecule has 3 N–H and O–H groups in total. The standard InChI is InChI=1S/C21H26N6O6/c1-11(2)32-8-13-15(28)16(29)20(33-13)27-10-25-14-17(23-9-24-18(14)27)26-19(30)12(7-22)6-21(31-3)4-5-21/h6,9-11,13,15-16,20,28-29H,4-5,8H2,1-3H3,(H,23,24,26,30)/b12-6+/t13-,15-,16-,20-/m1/s1. The number of nitrogens with one attached hydrogen (secondary N) is 1. The van der Waals surface area contributed by atoms with E-state index < -0.39 is 36.0 Å². The molecule has 12 nitrogen and oxygen atoms in total. The van der Waals surface area contributed by atoms with Crippen LogP contribution in [0.1, 0.15) is 32.9 Å². The van der Waals surface area contributed by atoms with E-state index in [9.17, 15) is 20.3 Å². The van der Waals surface area contributed by atoms with Crippen molar-refractivity contribution in [1.82, 2.24) is 19.5 Å². The highest BCUT2D eigenvalue weighted by Crippen LogP contribution is 2.41. The van der Waals surface area contributed by atoms with E-state index in [0.717, 1.165) is 12.8 Å². The van der Waals surface area contributed by atoms with E-state index in [1.54, 1.807) is 0 Å². The predicted octanol–water partition coefficient (Wildman–Crippen LogP) is 0.438. The maximum atomic E-state index is 12.7. The molecule has 4 rings (SSSR count). The number of carbonyl (C=O) groups excluding carboxylic acids is 1. The highest BCUT2D eigenvalue weighted by atomic mass is 16.6. The fourth-order valence-electron chi connectivity index (χ4n) is 3.63. The summed E-state index contributed by atoms with van der Waals surface area (Å²) in [5.74, 6) is -0.547. The van der Waals surface area contributed by atoms with Gasteiger partial charge in [-0.15, -0.1) is 0 Å². The van der Waals surface area contributed by atoms with Gasteiger partial charge in [-0.05, 0) is 32.8 Å². The monoisotopic (exact) mass is 458 g/mol. The summed E-state index contributed by atoms with van der Waals surface area (Å²) in [6, 6.07) is 1.89. The summed E-state index contributed by atoms with van der Waals surface area (Å²) in [5.41, 5.74) is -0.146. The molecule has 1 aliphatic heterocycles. The minimum atomic E-state index is -1.24. The Morgan fingerprint density at radius 1 is 1.39 bits per heavy atom. The lowest BCUT2D eigenvalue weighted by molar-refractivity contribution is -0.112. The van der Waals surface area contributed by atoms with Gasteiger partial charge in [-0.3, -0.25) is 9.36 Å². The van der Waals surface area contributed by atoms with Crippen LogP contribution in [0.15, 0.2) is 24.3 Å². The fourth-order valence-corrected chi connectivity index (χ4v) is 3.63. The Bertz CT molecular complexity index is 1100. The molecule has 1 saturated heterocycles. The van der Waals surface area contributed by atoms with Gasteiger partial charge in [-0.25, -0.2) is 15.0 Å². The molecule has 1 amide bonds. The van der Waals surface area contributed by atoms with Crippen molar-refractivity contribution in [2.75, 3.05) is 19.0 Å². The normalized spacial score (nSPS) is 26.5. The number of nitriles is 1. The number of aliphatic hydroxyl groups excluding tert-OH is 2. The molecule has 2 aromatic heterocycles. The van der Waals surface area contributed by atoms with Crippen molar-refractivity contribution in [3.63, 3.8) is 0 Å². The summed E-state index contributed by atoms with van der Waals surface area (Å²) >= 11 is 0. The lowest BCUT2D eigenvalue weighted by Crippen LogP contribution is -2.34. The third-order valence-corrected chi connectivity index (χ3v) is 5.72. The van der Waals surface area contributed by atoms with Crippen LogP contribution in [0.3, 0.4) is 0 Å². The van der Waals surface area contributed by atoms with Crippen LogP contribution in [-0.2, 0) is 19.0 Å². The second-order valence-corrected chi connectivity index (χ2v) is 8.37. The highest BCUT2D eigenvalue weighted by molar-refractivity contribution is 6.08. The van der Waals surface area contributed by atoms with Gasteiger partial charge in [0.25, 0.3) is 5.91 Å². The van der Waals surface area contributed by atoms with Crippen LogP contribution < -0.4 is 5.32 Å². The van der Waals surface area contributed by atoms with Crippen LogP contribution in [0.2, 0.25) is 0 Å². The molecule has 176 valence electrons. The minimum absolute atomic E-state index is 0.0592. The predicted molar refractivity (Wildman–Crippen MR) is 114 cm³/mol. The number of fused-ring (bicyclic) bond motifs is 1. The smallest absolute Gasteiger partial charge is 0.267 e. The molecular formula is C21H26N6O6. The first-order valence-electron chi connectivity index (χ1n) is 10.6. The number of imidazole rings is 1. The van der Waals surface area contributed by atoms with Crippen molar-refractivity contribution < 1.29 is 29.2 Å². The summed E-state index contributed by atoms with van der Waals surface area (Å²) in [7, 11) is 1.53. The van der Waals surface area contributed by atoms with E-state index >= 15 is 0 Å². The molecule has 2 fully saturated rings. The maximum absolute atomic E-state index is 12.7. The minimum Gasteiger partial charge on any atom is -0.387 e. The summed E-state index contributed by atoms with van der Waals surface area (Å²) < 4.78 is 18.1. The zero-order valence-corrected chi connectivity index (χ0v) is 18.5. The van der Waals surface area contributed by atoms with Crippen LogP contribution in [0.5, 0.6) is 0 Å². The number of carbonyl (C=O) groups is 1. The van der Waals surface area contributed by atoms with Gasteiger partial charge in [0, 0.05) is 7.11 Å². The third-order valence-electron chi connectivity index (χ3n) is 5.72. The number of methoxy groups -OCH3 is 1. The van der Waals surface area contributed by atoms with E-state index in [1.807, 2.05) is 19.9 Å². The molecule has 0 spiro atoms. The van der Waals surface area contributed by atoms with Crippen LogP contribution in [0, 0.1) is 11.3 Å². The van der Waals surface area contributed by atoms with Gasteiger partial charge in [0.15, 0.2) is 23.2 Å². The molecule has 3 heterocycles. The Kier molecular flexibility index (Phi) is 6.42. The molecule has 0 bridgehead atoms. The molecule has 33 heavy (non-hydrogen) atoms. The molecule has 0 unspecified atom stereocenters. The van der Waals surface area contributed by atoms with E-state index in [1.165, 1.54) is 30.4 Å². The molecular weight excluding hydrogens is 432 g/mol. The molecule has 1 saturated carbocycles. The van der Waals surface area contributed by atoms with Crippen LogP contribution >= 0.6 is 0 Å². The number of amides is 1. The zero-order chi connectivity index (χ0) is 23.8. The Morgan fingerprint density at radius 3 is 2.79 bits per heavy atom. The number of nitrogens with zero attached hydrogens (tertiary/aromatic N) is 5. The SMILES string of the molecule is COC1(/C=C(\C#N)C(=O)Nc2ncnc3c2ncn3[C@@H]2O[C@H](COC(C)C)[C@@H](O)[C@H]2O)CC1. The van der Waals surface area contributed by atoms with Gasteiger partial charge in [0.2, 0.25) is 0 Å². The first kappa shape index (κ1) is 23.2. The van der Waals surface area contributed by atoms with Crippen LogP contribution in [0.4, 0.5) is 5.82 Å². The number of hydrogen-bond donors (Lipinski definition) is 3. The lowest BCUT2D eigenvalue weighted by Gasteiger charge is -2.17. The number of rotatable bonds is 8. The van der Waals surface area contributed by atoms with Crippen molar-refractivity contribution in [1.29, 1.82) is 5.26 Å². The average molecular weight is 458 g/mol. The van der Waals surface area contributed by atoms with Gasteiger partial charge >= 0.3 is 0 Å². The van der Waals surface area contributed by atoms with Gasteiger partial charge in [-0.2, -0.15) is 5.26 Å². The average Bonchev–Trinajstić information content (AvgIpc) is 3.36. The van der Waals surface area contributed by atoms with E-state index in [4.69, 9.17) is 14.2 Å². The van der Waals surface area contributed by atoms with E-state index in [2.05, 4.69) is 20.3 Å². The van der Waals surface area contributed by atoms with Crippen molar-refractivity contribution in [3.8, 4) is 6.07 Å². The fraction of sp³-hybridized carbons (Fsp3) is 0.571. The molecule has 0 radical (unpaired) electrons. The lowest BCUT2D eigenvalue weighted by atomic mass is 10.1. The first-order chi connectivity index (χ1) is 15.8. The number of aromatic nitrogens is 4. The second kappa shape index (κ2) is 9.12. The maximum Gasteiger partial charge on any atom is 0.267 e. The highest BCUT2D eigenvalue weighted by Gasteiger charge is 2.45. The summed E-state index contributed by atoms with van der Waals surface area (Å²) in [4.78, 5) is 25.2. The molecule has 0 aromatic carbocycles. The van der Waals surface area contributed by atoms with Gasteiger partial charge in [-0.1, -0.05) is 0 Å². The van der Waals surface area contributed by atoms with E-state index in [-0.39, 0.29) is 35.3 Å². The number of anilines is 1. The Labute approximate surface area is 189 Å².